The molecular weight excluding hydrogens is 317 g/mol. The summed E-state index contributed by atoms with van der Waals surface area (Å²) in [4.78, 5) is 4.46. The van der Waals surface area contributed by atoms with E-state index in [1.165, 1.54) is 17.3 Å². The minimum absolute atomic E-state index is 0.316. The third kappa shape index (κ3) is 3.52. The second-order valence-corrected chi connectivity index (χ2v) is 6.51. The lowest BCUT2D eigenvalue weighted by atomic mass is 10.1. The van der Waals surface area contributed by atoms with Gasteiger partial charge in [-0.05, 0) is 39.0 Å². The highest BCUT2D eigenvalue weighted by Crippen LogP contribution is 2.23. The van der Waals surface area contributed by atoms with Crippen LogP contribution >= 0.6 is 0 Å². The number of anilines is 1. The molecular formula is C19H24FN5. The SMILES string of the molecule is CCn1nc(C)c(CN2CCN(c3ccc(C#N)cc3F)CC2)c1C. The van der Waals surface area contributed by atoms with E-state index in [0.29, 0.717) is 11.3 Å². The third-order valence-electron chi connectivity index (χ3n) is 5.00. The van der Waals surface area contributed by atoms with Gasteiger partial charge in [0.05, 0.1) is 23.0 Å². The summed E-state index contributed by atoms with van der Waals surface area (Å²) in [5, 5.41) is 13.4. The second kappa shape index (κ2) is 7.24. The summed E-state index contributed by atoms with van der Waals surface area (Å²) in [5.74, 6) is -0.316. The Hall–Kier alpha value is -2.39. The summed E-state index contributed by atoms with van der Waals surface area (Å²) in [6.07, 6.45) is 0. The maximum absolute atomic E-state index is 14.2. The van der Waals surface area contributed by atoms with Gasteiger partial charge < -0.3 is 4.90 Å². The molecule has 0 radical (unpaired) electrons. The summed E-state index contributed by atoms with van der Waals surface area (Å²) in [6, 6.07) is 6.68. The van der Waals surface area contributed by atoms with Crippen LogP contribution in [0.5, 0.6) is 0 Å². The summed E-state index contributed by atoms with van der Waals surface area (Å²) in [7, 11) is 0. The Kier molecular flexibility index (Phi) is 5.05. The predicted molar refractivity (Wildman–Crippen MR) is 96.0 cm³/mol. The van der Waals surface area contributed by atoms with Crippen LogP contribution in [0.3, 0.4) is 0 Å². The van der Waals surface area contributed by atoms with Gasteiger partial charge in [0.15, 0.2) is 0 Å². The van der Waals surface area contributed by atoms with Crippen LogP contribution in [-0.2, 0) is 13.1 Å². The van der Waals surface area contributed by atoms with Gasteiger partial charge in [-0.3, -0.25) is 9.58 Å². The highest BCUT2D eigenvalue weighted by Gasteiger charge is 2.22. The van der Waals surface area contributed by atoms with E-state index in [9.17, 15) is 4.39 Å². The molecule has 0 atom stereocenters. The lowest BCUT2D eigenvalue weighted by Crippen LogP contribution is -2.46. The van der Waals surface area contributed by atoms with E-state index in [2.05, 4.69) is 35.7 Å². The molecule has 0 spiro atoms. The standard InChI is InChI=1S/C19H24FN5/c1-4-25-15(3)17(14(2)22-25)13-23-7-9-24(10-8-23)19-6-5-16(12-21)11-18(19)20/h5-6,11H,4,7-10,13H2,1-3H3. The first-order valence-electron chi connectivity index (χ1n) is 8.73. The predicted octanol–water partition coefficient (Wildman–Crippen LogP) is 2.85. The zero-order valence-electron chi connectivity index (χ0n) is 15.1. The van der Waals surface area contributed by atoms with Crippen molar-refractivity contribution in [1.29, 1.82) is 5.26 Å². The average molecular weight is 341 g/mol. The van der Waals surface area contributed by atoms with E-state index in [-0.39, 0.29) is 5.82 Å². The van der Waals surface area contributed by atoms with Crippen molar-refractivity contribution in [3.05, 3.63) is 46.5 Å². The first kappa shape index (κ1) is 17.4. The van der Waals surface area contributed by atoms with Crippen molar-refractivity contribution in [2.75, 3.05) is 31.1 Å². The lowest BCUT2D eigenvalue weighted by Gasteiger charge is -2.36. The largest absolute Gasteiger partial charge is 0.367 e. The molecule has 1 saturated heterocycles. The van der Waals surface area contributed by atoms with Crippen LogP contribution in [0.25, 0.3) is 0 Å². The summed E-state index contributed by atoms with van der Waals surface area (Å²) in [5.41, 5.74) is 4.59. The minimum Gasteiger partial charge on any atom is -0.367 e. The maximum Gasteiger partial charge on any atom is 0.147 e. The first-order chi connectivity index (χ1) is 12.0. The van der Waals surface area contributed by atoms with Gasteiger partial charge >= 0.3 is 0 Å². The first-order valence-corrected chi connectivity index (χ1v) is 8.73. The molecule has 0 aliphatic carbocycles. The topological polar surface area (TPSA) is 48.1 Å². The molecule has 0 unspecified atom stereocenters. The van der Waals surface area contributed by atoms with Crippen molar-refractivity contribution in [2.45, 2.75) is 33.9 Å². The zero-order chi connectivity index (χ0) is 18.0. The van der Waals surface area contributed by atoms with Crippen LogP contribution in [-0.4, -0.2) is 40.9 Å². The van der Waals surface area contributed by atoms with Crippen molar-refractivity contribution < 1.29 is 4.39 Å². The van der Waals surface area contributed by atoms with Crippen LogP contribution in [0.4, 0.5) is 10.1 Å². The molecule has 0 saturated carbocycles. The van der Waals surface area contributed by atoms with Gasteiger partial charge in [-0.25, -0.2) is 4.39 Å². The van der Waals surface area contributed by atoms with E-state index >= 15 is 0 Å². The number of aromatic nitrogens is 2. The Bertz CT molecular complexity index is 797. The van der Waals surface area contributed by atoms with Crippen LogP contribution in [0.2, 0.25) is 0 Å². The van der Waals surface area contributed by atoms with Gasteiger partial charge in [0.25, 0.3) is 0 Å². The zero-order valence-corrected chi connectivity index (χ0v) is 15.1. The fourth-order valence-electron chi connectivity index (χ4n) is 3.47. The van der Waals surface area contributed by atoms with Crippen molar-refractivity contribution >= 4 is 5.69 Å². The summed E-state index contributed by atoms with van der Waals surface area (Å²) in [6.45, 7) is 11.4. The molecule has 1 aromatic heterocycles. The van der Waals surface area contributed by atoms with E-state index in [4.69, 9.17) is 5.26 Å². The molecule has 2 aromatic rings. The molecule has 25 heavy (non-hydrogen) atoms. The van der Waals surface area contributed by atoms with Crippen molar-refractivity contribution in [3.63, 3.8) is 0 Å². The molecule has 132 valence electrons. The Morgan fingerprint density at radius 2 is 1.92 bits per heavy atom. The number of halogens is 1. The molecule has 0 bridgehead atoms. The number of nitrogens with zero attached hydrogens (tertiary/aromatic N) is 5. The number of piperazine rings is 1. The minimum atomic E-state index is -0.316. The highest BCUT2D eigenvalue weighted by atomic mass is 19.1. The van der Waals surface area contributed by atoms with Crippen LogP contribution in [0.15, 0.2) is 18.2 Å². The Labute approximate surface area is 148 Å². The Morgan fingerprint density at radius 3 is 2.48 bits per heavy atom. The molecule has 2 heterocycles. The van der Waals surface area contributed by atoms with Crippen LogP contribution in [0, 0.1) is 31.0 Å². The Balaban J connectivity index is 1.65. The molecule has 1 aliphatic heterocycles. The quantitative estimate of drug-likeness (QED) is 0.858. The fraction of sp³-hybridized carbons (Fsp3) is 0.474. The summed E-state index contributed by atoms with van der Waals surface area (Å²) < 4.78 is 16.2. The average Bonchev–Trinajstić information content (AvgIpc) is 2.90. The number of nitriles is 1. The van der Waals surface area contributed by atoms with Crippen molar-refractivity contribution in [1.82, 2.24) is 14.7 Å². The van der Waals surface area contributed by atoms with E-state index in [1.54, 1.807) is 12.1 Å². The number of rotatable bonds is 4. The number of hydrogen-bond donors (Lipinski definition) is 0. The number of hydrogen-bond acceptors (Lipinski definition) is 4. The Morgan fingerprint density at radius 1 is 1.20 bits per heavy atom. The monoisotopic (exact) mass is 341 g/mol. The lowest BCUT2D eigenvalue weighted by molar-refractivity contribution is 0.248. The molecule has 1 fully saturated rings. The molecule has 6 heteroatoms. The number of benzene rings is 1. The number of aryl methyl sites for hydroxylation is 2. The second-order valence-electron chi connectivity index (χ2n) is 6.51. The van der Waals surface area contributed by atoms with Crippen LogP contribution < -0.4 is 4.90 Å². The maximum atomic E-state index is 14.2. The van der Waals surface area contributed by atoms with Gasteiger partial charge in [-0.1, -0.05) is 0 Å². The molecule has 1 aromatic carbocycles. The van der Waals surface area contributed by atoms with Gasteiger partial charge in [0.1, 0.15) is 5.82 Å². The van der Waals surface area contributed by atoms with Crippen molar-refractivity contribution in [2.24, 2.45) is 0 Å². The summed E-state index contributed by atoms with van der Waals surface area (Å²) >= 11 is 0. The third-order valence-corrected chi connectivity index (χ3v) is 5.00. The normalized spacial score (nSPS) is 15.4. The molecule has 0 N–H and O–H groups in total. The van der Waals surface area contributed by atoms with Gasteiger partial charge in [-0.2, -0.15) is 10.4 Å². The van der Waals surface area contributed by atoms with Gasteiger partial charge in [0, 0.05) is 50.5 Å². The van der Waals surface area contributed by atoms with Crippen LogP contribution in [0.1, 0.15) is 29.4 Å². The molecule has 5 nitrogen and oxygen atoms in total. The fourth-order valence-corrected chi connectivity index (χ4v) is 3.47. The molecule has 3 rings (SSSR count). The van der Waals surface area contributed by atoms with E-state index < -0.39 is 0 Å². The van der Waals surface area contributed by atoms with Gasteiger partial charge in [0.2, 0.25) is 0 Å². The smallest absolute Gasteiger partial charge is 0.147 e. The van der Waals surface area contributed by atoms with E-state index in [0.717, 1.165) is 45.0 Å². The molecule has 0 amide bonds. The molecule has 1 aliphatic rings. The van der Waals surface area contributed by atoms with Gasteiger partial charge in [-0.15, -0.1) is 0 Å². The highest BCUT2D eigenvalue weighted by molar-refractivity contribution is 5.51. The van der Waals surface area contributed by atoms with E-state index in [1.807, 2.05) is 10.8 Å². The van der Waals surface area contributed by atoms with Crippen molar-refractivity contribution in [3.8, 4) is 6.07 Å².